The standard InChI is InChI=1S/C13H16N2O5S/c1-8(2)15(7-13(17)18)21(19,20)10-3-4-11-9(5-10)6-12(16)14-11/h3-5,8H,6-7H2,1-2H3,(H,14,16)(H,17,18). The van der Waals surface area contributed by atoms with Gasteiger partial charge in [0.2, 0.25) is 15.9 Å². The fourth-order valence-electron chi connectivity index (χ4n) is 2.18. The van der Waals surface area contributed by atoms with E-state index in [0.29, 0.717) is 11.3 Å². The summed E-state index contributed by atoms with van der Waals surface area (Å²) in [6.07, 6.45) is 0.124. The lowest BCUT2D eigenvalue weighted by atomic mass is 10.2. The monoisotopic (exact) mass is 312 g/mol. The Hall–Kier alpha value is -1.93. The second-order valence-corrected chi connectivity index (χ2v) is 6.97. The molecule has 0 fully saturated rings. The van der Waals surface area contributed by atoms with Gasteiger partial charge in [0.1, 0.15) is 6.54 Å². The predicted molar refractivity (Wildman–Crippen MR) is 75.4 cm³/mol. The normalized spacial score (nSPS) is 14.4. The Kier molecular flexibility index (Phi) is 4.02. The third-order valence-corrected chi connectivity index (χ3v) is 5.19. The van der Waals surface area contributed by atoms with E-state index in [1.54, 1.807) is 13.8 Å². The average molecular weight is 312 g/mol. The van der Waals surface area contributed by atoms with E-state index in [1.807, 2.05) is 0 Å². The van der Waals surface area contributed by atoms with Crippen molar-refractivity contribution in [3.8, 4) is 0 Å². The number of nitrogens with zero attached hydrogens (tertiary/aromatic N) is 1. The van der Waals surface area contributed by atoms with Gasteiger partial charge in [0.05, 0.1) is 11.3 Å². The van der Waals surface area contributed by atoms with Crippen LogP contribution in [0.3, 0.4) is 0 Å². The van der Waals surface area contributed by atoms with Crippen molar-refractivity contribution in [1.29, 1.82) is 0 Å². The first-order chi connectivity index (χ1) is 9.71. The molecule has 0 spiro atoms. The number of carbonyl (C=O) groups excluding carboxylic acids is 1. The molecule has 1 aliphatic rings. The Labute approximate surface area is 122 Å². The molecule has 0 saturated carbocycles. The molecular weight excluding hydrogens is 296 g/mol. The number of aliphatic carboxylic acids is 1. The number of amides is 1. The molecule has 0 unspecified atom stereocenters. The van der Waals surface area contributed by atoms with Crippen LogP contribution in [0, 0.1) is 0 Å². The van der Waals surface area contributed by atoms with Gasteiger partial charge in [-0.1, -0.05) is 0 Å². The first-order valence-electron chi connectivity index (χ1n) is 6.38. The Morgan fingerprint density at radius 1 is 1.43 bits per heavy atom. The van der Waals surface area contributed by atoms with Crippen LogP contribution in [0.25, 0.3) is 0 Å². The molecule has 0 atom stereocenters. The second kappa shape index (κ2) is 5.45. The summed E-state index contributed by atoms with van der Waals surface area (Å²) < 4.78 is 26.0. The lowest BCUT2D eigenvalue weighted by Gasteiger charge is -2.24. The van der Waals surface area contributed by atoms with Crippen molar-refractivity contribution in [2.45, 2.75) is 31.2 Å². The van der Waals surface area contributed by atoms with Crippen molar-refractivity contribution < 1.29 is 23.1 Å². The van der Waals surface area contributed by atoms with Crippen LogP contribution >= 0.6 is 0 Å². The first-order valence-corrected chi connectivity index (χ1v) is 7.82. The number of hydrogen-bond acceptors (Lipinski definition) is 4. The number of sulfonamides is 1. The van der Waals surface area contributed by atoms with Gasteiger partial charge in [0, 0.05) is 11.7 Å². The van der Waals surface area contributed by atoms with Crippen LogP contribution in [0.5, 0.6) is 0 Å². The number of benzene rings is 1. The maximum atomic E-state index is 12.5. The van der Waals surface area contributed by atoms with Gasteiger partial charge in [0.15, 0.2) is 0 Å². The summed E-state index contributed by atoms with van der Waals surface area (Å²) in [5.74, 6) is -1.41. The third-order valence-electron chi connectivity index (χ3n) is 3.18. The number of carboxylic acids is 1. The molecule has 7 nitrogen and oxygen atoms in total. The van der Waals surface area contributed by atoms with E-state index < -0.39 is 28.6 Å². The van der Waals surface area contributed by atoms with Crippen LogP contribution in [-0.2, 0) is 26.0 Å². The maximum Gasteiger partial charge on any atom is 0.318 e. The largest absolute Gasteiger partial charge is 0.480 e. The van der Waals surface area contributed by atoms with Crippen LogP contribution < -0.4 is 5.32 Å². The zero-order valence-corrected chi connectivity index (χ0v) is 12.5. The molecule has 0 radical (unpaired) electrons. The van der Waals surface area contributed by atoms with Crippen molar-refractivity contribution in [2.75, 3.05) is 11.9 Å². The highest BCUT2D eigenvalue weighted by molar-refractivity contribution is 7.89. The minimum absolute atomic E-state index is 0.00676. The average Bonchev–Trinajstić information content (AvgIpc) is 2.74. The molecule has 1 amide bonds. The highest BCUT2D eigenvalue weighted by Crippen LogP contribution is 2.27. The van der Waals surface area contributed by atoms with Gasteiger partial charge in [-0.05, 0) is 37.6 Å². The SMILES string of the molecule is CC(C)N(CC(=O)O)S(=O)(=O)c1ccc2c(c1)CC(=O)N2. The summed E-state index contributed by atoms with van der Waals surface area (Å²) >= 11 is 0. The Balaban J connectivity index is 2.41. The van der Waals surface area contributed by atoms with Gasteiger partial charge in [-0.25, -0.2) is 8.42 Å². The van der Waals surface area contributed by atoms with Gasteiger partial charge in [-0.3, -0.25) is 9.59 Å². The van der Waals surface area contributed by atoms with E-state index in [9.17, 15) is 18.0 Å². The number of rotatable bonds is 5. The van der Waals surface area contributed by atoms with Crippen LogP contribution in [0.15, 0.2) is 23.1 Å². The van der Waals surface area contributed by atoms with E-state index in [2.05, 4.69) is 5.32 Å². The number of fused-ring (bicyclic) bond motifs is 1. The Bertz CT molecular complexity index is 697. The van der Waals surface area contributed by atoms with E-state index in [0.717, 1.165) is 4.31 Å². The molecule has 21 heavy (non-hydrogen) atoms. The van der Waals surface area contributed by atoms with Gasteiger partial charge >= 0.3 is 5.97 Å². The summed E-state index contributed by atoms with van der Waals surface area (Å²) in [6, 6.07) is 3.82. The van der Waals surface area contributed by atoms with Crippen molar-refractivity contribution in [1.82, 2.24) is 4.31 Å². The molecule has 1 aromatic rings. The fourth-order valence-corrected chi connectivity index (χ4v) is 3.82. The van der Waals surface area contributed by atoms with Gasteiger partial charge in [-0.2, -0.15) is 4.31 Å². The zero-order chi connectivity index (χ0) is 15.8. The smallest absolute Gasteiger partial charge is 0.318 e. The lowest BCUT2D eigenvalue weighted by molar-refractivity contribution is -0.137. The van der Waals surface area contributed by atoms with E-state index in [4.69, 9.17) is 5.11 Å². The number of carbonyl (C=O) groups is 2. The molecule has 2 rings (SSSR count). The van der Waals surface area contributed by atoms with E-state index in [1.165, 1.54) is 18.2 Å². The molecule has 2 N–H and O–H groups in total. The summed E-state index contributed by atoms with van der Waals surface area (Å²) in [5, 5.41) is 11.5. The highest BCUT2D eigenvalue weighted by Gasteiger charge is 2.30. The molecular formula is C13H16N2O5S. The maximum absolute atomic E-state index is 12.5. The lowest BCUT2D eigenvalue weighted by Crippen LogP contribution is -2.40. The molecule has 1 aromatic carbocycles. The highest BCUT2D eigenvalue weighted by atomic mass is 32.2. The fraction of sp³-hybridized carbons (Fsp3) is 0.385. The predicted octanol–water partition coefficient (Wildman–Crippen LogP) is 0.665. The summed E-state index contributed by atoms with van der Waals surface area (Å²) in [7, 11) is -3.92. The van der Waals surface area contributed by atoms with Gasteiger partial charge in [0.25, 0.3) is 0 Å². The van der Waals surface area contributed by atoms with Crippen molar-refractivity contribution in [3.63, 3.8) is 0 Å². The van der Waals surface area contributed by atoms with Crippen LogP contribution in [0.2, 0.25) is 0 Å². The number of carboxylic acid groups (broad SMARTS) is 1. The van der Waals surface area contributed by atoms with Crippen LogP contribution in [-0.4, -0.2) is 42.3 Å². The van der Waals surface area contributed by atoms with Crippen molar-refractivity contribution >= 4 is 27.6 Å². The second-order valence-electron chi connectivity index (χ2n) is 5.08. The molecule has 1 aliphatic heterocycles. The number of hydrogen-bond donors (Lipinski definition) is 2. The van der Waals surface area contributed by atoms with Crippen LogP contribution in [0.4, 0.5) is 5.69 Å². The molecule has 0 aliphatic carbocycles. The van der Waals surface area contributed by atoms with E-state index in [-0.39, 0.29) is 17.2 Å². The summed E-state index contributed by atoms with van der Waals surface area (Å²) in [6.45, 7) is 2.62. The minimum Gasteiger partial charge on any atom is -0.480 e. The minimum atomic E-state index is -3.92. The molecule has 1 heterocycles. The molecule has 0 bridgehead atoms. The molecule has 8 heteroatoms. The zero-order valence-electron chi connectivity index (χ0n) is 11.7. The van der Waals surface area contributed by atoms with Gasteiger partial charge < -0.3 is 10.4 Å². The topological polar surface area (TPSA) is 104 Å². The third kappa shape index (κ3) is 3.06. The Morgan fingerprint density at radius 3 is 2.67 bits per heavy atom. The van der Waals surface area contributed by atoms with Crippen molar-refractivity contribution in [2.24, 2.45) is 0 Å². The summed E-state index contributed by atoms with van der Waals surface area (Å²) in [5.41, 5.74) is 1.19. The molecule has 114 valence electrons. The number of anilines is 1. The molecule has 0 aromatic heterocycles. The summed E-state index contributed by atoms with van der Waals surface area (Å²) in [4.78, 5) is 22.2. The molecule has 0 saturated heterocycles. The van der Waals surface area contributed by atoms with Crippen molar-refractivity contribution in [3.05, 3.63) is 23.8 Å². The van der Waals surface area contributed by atoms with Crippen LogP contribution in [0.1, 0.15) is 19.4 Å². The number of nitrogens with one attached hydrogen (secondary N) is 1. The van der Waals surface area contributed by atoms with E-state index >= 15 is 0 Å². The Morgan fingerprint density at radius 2 is 2.10 bits per heavy atom. The van der Waals surface area contributed by atoms with Gasteiger partial charge in [-0.15, -0.1) is 0 Å². The first kappa shape index (κ1) is 15.5. The quantitative estimate of drug-likeness (QED) is 0.831.